The molecule has 0 aliphatic carbocycles. The summed E-state index contributed by atoms with van der Waals surface area (Å²) in [4.78, 5) is 45.1. The Hall–Kier alpha value is -2.90. The molecule has 0 aliphatic heterocycles. The number of hydrogen-bond acceptors (Lipinski definition) is 8. The Kier molecular flexibility index (Phi) is 5.62. The number of esters is 4. The average Bonchev–Trinajstić information content (AvgIpc) is 2.39. The molecule has 0 aromatic heterocycles. The van der Waals surface area contributed by atoms with Gasteiger partial charge in [0, 0.05) is 20.8 Å². The van der Waals surface area contributed by atoms with Gasteiger partial charge in [-0.05, 0) is 12.1 Å². The molecule has 8 heteroatoms. The summed E-state index contributed by atoms with van der Waals surface area (Å²) in [5, 5.41) is 0. The topological polar surface area (TPSA) is 105 Å². The Bertz CT molecular complexity index is 595. The van der Waals surface area contributed by atoms with E-state index in [4.69, 9.17) is 14.2 Å². The summed E-state index contributed by atoms with van der Waals surface area (Å²) in [5.74, 6) is -3.70. The van der Waals surface area contributed by atoms with E-state index in [1.807, 2.05) is 0 Å². The van der Waals surface area contributed by atoms with Gasteiger partial charge in [0.1, 0.15) is 0 Å². The van der Waals surface area contributed by atoms with Crippen LogP contribution in [0.4, 0.5) is 0 Å². The Morgan fingerprint density at radius 3 is 1.50 bits per heavy atom. The Morgan fingerprint density at radius 1 is 0.773 bits per heavy atom. The standard InChI is InChI=1S/C14H14O8/c1-7(15)20-11-5-10(14(18)19-4)6-12(21-8(2)16)13(11)22-9(3)17/h5-6H,1-4H3. The quantitative estimate of drug-likeness (QED) is 0.604. The van der Waals surface area contributed by atoms with E-state index >= 15 is 0 Å². The van der Waals surface area contributed by atoms with Crippen LogP contribution in [0.1, 0.15) is 31.1 Å². The molecule has 0 bridgehead atoms. The van der Waals surface area contributed by atoms with E-state index in [-0.39, 0.29) is 22.8 Å². The second-order valence-corrected chi connectivity index (χ2v) is 4.07. The summed E-state index contributed by atoms with van der Waals surface area (Å²) in [7, 11) is 1.15. The van der Waals surface area contributed by atoms with Crippen LogP contribution in [-0.4, -0.2) is 31.0 Å². The largest absolute Gasteiger partial charge is 0.465 e. The minimum atomic E-state index is -0.754. The van der Waals surface area contributed by atoms with Crippen molar-refractivity contribution in [1.29, 1.82) is 0 Å². The molecule has 1 aromatic rings. The smallest absolute Gasteiger partial charge is 0.338 e. The van der Waals surface area contributed by atoms with Crippen molar-refractivity contribution in [3.63, 3.8) is 0 Å². The lowest BCUT2D eigenvalue weighted by Gasteiger charge is -2.14. The van der Waals surface area contributed by atoms with E-state index in [0.29, 0.717) is 0 Å². The molecule has 0 saturated carbocycles. The monoisotopic (exact) mass is 310 g/mol. The lowest BCUT2D eigenvalue weighted by molar-refractivity contribution is -0.135. The first-order valence-corrected chi connectivity index (χ1v) is 6.06. The number of carbonyl (C=O) groups is 4. The van der Waals surface area contributed by atoms with Crippen molar-refractivity contribution in [3.8, 4) is 17.2 Å². The van der Waals surface area contributed by atoms with E-state index in [1.54, 1.807) is 0 Å². The lowest BCUT2D eigenvalue weighted by Crippen LogP contribution is -2.12. The van der Waals surface area contributed by atoms with Gasteiger partial charge in [-0.25, -0.2) is 4.79 Å². The van der Waals surface area contributed by atoms with Crippen molar-refractivity contribution in [2.45, 2.75) is 20.8 Å². The van der Waals surface area contributed by atoms with E-state index in [0.717, 1.165) is 40.0 Å². The third-order valence-electron chi connectivity index (χ3n) is 2.20. The number of benzene rings is 1. The van der Waals surface area contributed by atoms with Gasteiger partial charge in [-0.15, -0.1) is 0 Å². The summed E-state index contributed by atoms with van der Waals surface area (Å²) in [6.07, 6.45) is 0. The summed E-state index contributed by atoms with van der Waals surface area (Å²) in [5.41, 5.74) is -0.0501. The van der Waals surface area contributed by atoms with Crippen LogP contribution in [-0.2, 0) is 19.1 Å². The molecule has 1 aromatic carbocycles. The van der Waals surface area contributed by atoms with E-state index in [1.165, 1.54) is 0 Å². The van der Waals surface area contributed by atoms with Gasteiger partial charge in [0.2, 0.25) is 5.75 Å². The van der Waals surface area contributed by atoms with Crippen molar-refractivity contribution in [2.24, 2.45) is 0 Å². The predicted molar refractivity (Wildman–Crippen MR) is 71.7 cm³/mol. The number of hydrogen-bond donors (Lipinski definition) is 0. The highest BCUT2D eigenvalue weighted by atomic mass is 16.6. The molecule has 0 spiro atoms. The number of methoxy groups -OCH3 is 1. The fourth-order valence-electron chi connectivity index (χ4n) is 1.52. The first kappa shape index (κ1) is 17.2. The van der Waals surface area contributed by atoms with Crippen molar-refractivity contribution in [2.75, 3.05) is 7.11 Å². The van der Waals surface area contributed by atoms with E-state index in [2.05, 4.69) is 4.74 Å². The molecule has 0 fully saturated rings. The SMILES string of the molecule is COC(=O)c1cc(OC(C)=O)c(OC(C)=O)c(OC(C)=O)c1. The van der Waals surface area contributed by atoms with Gasteiger partial charge in [-0.3, -0.25) is 14.4 Å². The number of ether oxygens (including phenoxy) is 4. The highest BCUT2D eigenvalue weighted by Gasteiger charge is 2.22. The van der Waals surface area contributed by atoms with Crippen LogP contribution < -0.4 is 14.2 Å². The average molecular weight is 310 g/mol. The summed E-state index contributed by atoms with van der Waals surface area (Å²) >= 11 is 0. The maximum Gasteiger partial charge on any atom is 0.338 e. The molecule has 0 N–H and O–H groups in total. The maximum atomic E-state index is 11.6. The fraction of sp³-hybridized carbons (Fsp3) is 0.286. The minimum Gasteiger partial charge on any atom is -0.465 e. The Balaban J connectivity index is 3.51. The lowest BCUT2D eigenvalue weighted by atomic mass is 10.2. The summed E-state index contributed by atoms with van der Waals surface area (Å²) < 4.78 is 19.2. The molecule has 0 heterocycles. The van der Waals surface area contributed by atoms with Crippen LogP contribution in [0.5, 0.6) is 17.2 Å². The zero-order valence-corrected chi connectivity index (χ0v) is 12.4. The van der Waals surface area contributed by atoms with Gasteiger partial charge < -0.3 is 18.9 Å². The van der Waals surface area contributed by atoms with E-state index in [9.17, 15) is 19.2 Å². The Labute approximate surface area is 125 Å². The van der Waals surface area contributed by atoms with Crippen LogP contribution in [0, 0.1) is 0 Å². The van der Waals surface area contributed by atoms with Crippen LogP contribution >= 0.6 is 0 Å². The van der Waals surface area contributed by atoms with Crippen LogP contribution in [0.3, 0.4) is 0 Å². The predicted octanol–water partition coefficient (Wildman–Crippen LogP) is 1.25. The van der Waals surface area contributed by atoms with Crippen LogP contribution in [0.15, 0.2) is 12.1 Å². The molecule has 0 aliphatic rings. The zero-order valence-electron chi connectivity index (χ0n) is 12.4. The molecule has 1 rings (SSSR count). The molecule has 0 unspecified atom stereocenters. The molecular weight excluding hydrogens is 296 g/mol. The van der Waals surface area contributed by atoms with Gasteiger partial charge in [-0.1, -0.05) is 0 Å². The van der Waals surface area contributed by atoms with Crippen molar-refractivity contribution in [3.05, 3.63) is 17.7 Å². The second-order valence-electron chi connectivity index (χ2n) is 4.07. The molecule has 8 nitrogen and oxygen atoms in total. The van der Waals surface area contributed by atoms with Gasteiger partial charge in [0.25, 0.3) is 0 Å². The molecule has 0 atom stereocenters. The van der Waals surface area contributed by atoms with Crippen LogP contribution in [0.2, 0.25) is 0 Å². The highest BCUT2D eigenvalue weighted by Crippen LogP contribution is 2.39. The Morgan fingerprint density at radius 2 is 1.18 bits per heavy atom. The molecule has 0 saturated heterocycles. The third kappa shape index (κ3) is 4.58. The van der Waals surface area contributed by atoms with Crippen molar-refractivity contribution >= 4 is 23.9 Å². The van der Waals surface area contributed by atoms with Gasteiger partial charge in [0.15, 0.2) is 11.5 Å². The maximum absolute atomic E-state index is 11.6. The van der Waals surface area contributed by atoms with Crippen LogP contribution in [0.25, 0.3) is 0 Å². The first-order valence-electron chi connectivity index (χ1n) is 6.06. The minimum absolute atomic E-state index is 0.0501. The normalized spacial score (nSPS) is 9.64. The first-order chi connectivity index (χ1) is 10.2. The molecule has 118 valence electrons. The second kappa shape index (κ2) is 7.21. The van der Waals surface area contributed by atoms with Gasteiger partial charge in [0.05, 0.1) is 12.7 Å². The summed E-state index contributed by atoms with van der Waals surface area (Å²) in [6, 6.07) is 2.27. The summed E-state index contributed by atoms with van der Waals surface area (Å²) in [6.45, 7) is 3.35. The number of rotatable bonds is 4. The van der Waals surface area contributed by atoms with Gasteiger partial charge in [-0.2, -0.15) is 0 Å². The molecule has 0 radical (unpaired) electrons. The highest BCUT2D eigenvalue weighted by molar-refractivity contribution is 5.92. The van der Waals surface area contributed by atoms with Crippen molar-refractivity contribution < 1.29 is 38.1 Å². The molecule has 22 heavy (non-hydrogen) atoms. The van der Waals surface area contributed by atoms with E-state index < -0.39 is 23.9 Å². The fourth-order valence-corrected chi connectivity index (χ4v) is 1.52. The molecular formula is C14H14O8. The van der Waals surface area contributed by atoms with Crippen molar-refractivity contribution in [1.82, 2.24) is 0 Å². The third-order valence-corrected chi connectivity index (χ3v) is 2.20. The molecule has 0 amide bonds. The number of carbonyl (C=O) groups excluding carboxylic acids is 4. The zero-order chi connectivity index (χ0) is 16.9. The van der Waals surface area contributed by atoms with Gasteiger partial charge >= 0.3 is 23.9 Å².